The Kier molecular flexibility index (Phi) is 6.35. The zero-order chi connectivity index (χ0) is 25.3. The number of H-pyrrole nitrogens is 1. The van der Waals surface area contributed by atoms with E-state index in [1.807, 2.05) is 17.0 Å². The third-order valence-electron chi connectivity index (χ3n) is 7.23. The van der Waals surface area contributed by atoms with Crippen LogP contribution in [-0.2, 0) is 16.9 Å². The van der Waals surface area contributed by atoms with Crippen LogP contribution >= 0.6 is 0 Å². The molecule has 1 aromatic heterocycles. The second kappa shape index (κ2) is 9.60. The molecular formula is C29H29N3O4. The van der Waals surface area contributed by atoms with E-state index in [1.54, 1.807) is 54.6 Å². The predicted octanol–water partition coefficient (Wildman–Crippen LogP) is 3.97. The molecule has 0 aliphatic carbocycles. The van der Waals surface area contributed by atoms with Gasteiger partial charge in [0.2, 0.25) is 5.60 Å². The standard InChI is InChI=1S/C29H29N3O4/c30-18-19-6-4-7-21(16-19)20-12-14-32(15-13-20)27(33)26-17-23-24(10-5-11-25(23)31-26)29(36,28(34)35)22-8-2-1-3-9-22/h1-11,16-17,20,31,36H,12-15,18,30H2,(H,34,35)/t29-/m1/s1. The van der Waals surface area contributed by atoms with E-state index in [9.17, 15) is 19.8 Å². The van der Waals surface area contributed by atoms with Gasteiger partial charge in [0.1, 0.15) is 5.69 Å². The van der Waals surface area contributed by atoms with Gasteiger partial charge in [0, 0.05) is 36.1 Å². The molecule has 0 radical (unpaired) electrons. The van der Waals surface area contributed by atoms with Crippen molar-refractivity contribution in [2.45, 2.75) is 30.9 Å². The average molecular weight is 484 g/mol. The number of amides is 1. The molecule has 1 aliphatic heterocycles. The Morgan fingerprint density at radius 2 is 1.69 bits per heavy atom. The predicted molar refractivity (Wildman–Crippen MR) is 138 cm³/mol. The van der Waals surface area contributed by atoms with Crippen molar-refractivity contribution >= 4 is 22.8 Å². The molecule has 0 bridgehead atoms. The van der Waals surface area contributed by atoms with Gasteiger partial charge in [-0.05, 0) is 47.6 Å². The highest BCUT2D eigenvalue weighted by molar-refractivity contribution is 6.01. The van der Waals surface area contributed by atoms with Crippen molar-refractivity contribution in [2.75, 3.05) is 13.1 Å². The number of carboxylic acid groups (broad SMARTS) is 1. The van der Waals surface area contributed by atoms with E-state index < -0.39 is 11.6 Å². The molecule has 1 aliphatic rings. The summed E-state index contributed by atoms with van der Waals surface area (Å²) in [4.78, 5) is 30.6. The van der Waals surface area contributed by atoms with Gasteiger partial charge in [0.25, 0.3) is 5.91 Å². The Hall–Kier alpha value is -3.94. The van der Waals surface area contributed by atoms with E-state index in [4.69, 9.17) is 5.73 Å². The number of carboxylic acids is 1. The van der Waals surface area contributed by atoms with Gasteiger partial charge < -0.3 is 25.8 Å². The minimum atomic E-state index is -2.25. The summed E-state index contributed by atoms with van der Waals surface area (Å²) in [5, 5.41) is 21.9. The molecule has 1 fully saturated rings. The van der Waals surface area contributed by atoms with Crippen molar-refractivity contribution in [3.63, 3.8) is 0 Å². The molecule has 184 valence electrons. The lowest BCUT2D eigenvalue weighted by molar-refractivity contribution is -0.154. The van der Waals surface area contributed by atoms with Crippen molar-refractivity contribution in [3.05, 3.63) is 107 Å². The van der Waals surface area contributed by atoms with Crippen molar-refractivity contribution in [3.8, 4) is 0 Å². The second-order valence-electron chi connectivity index (χ2n) is 9.35. The number of aromatic amines is 1. The van der Waals surface area contributed by atoms with Crippen LogP contribution in [0.5, 0.6) is 0 Å². The maximum Gasteiger partial charge on any atom is 0.345 e. The highest BCUT2D eigenvalue weighted by atomic mass is 16.4. The van der Waals surface area contributed by atoms with E-state index in [-0.39, 0.29) is 17.0 Å². The van der Waals surface area contributed by atoms with E-state index in [2.05, 4.69) is 17.1 Å². The van der Waals surface area contributed by atoms with Crippen LogP contribution in [0.1, 0.15) is 51.5 Å². The number of hydrogen-bond donors (Lipinski definition) is 4. The number of aliphatic carboxylic acids is 1. The van der Waals surface area contributed by atoms with Gasteiger partial charge in [-0.15, -0.1) is 0 Å². The molecule has 1 amide bonds. The Morgan fingerprint density at radius 3 is 2.39 bits per heavy atom. The van der Waals surface area contributed by atoms with Crippen LogP contribution in [0, 0.1) is 0 Å². The molecule has 3 aromatic carbocycles. The van der Waals surface area contributed by atoms with Crippen molar-refractivity contribution in [1.82, 2.24) is 9.88 Å². The highest BCUT2D eigenvalue weighted by Crippen LogP contribution is 2.36. The number of nitrogens with two attached hydrogens (primary N) is 1. The topological polar surface area (TPSA) is 120 Å². The first kappa shape index (κ1) is 23.8. The molecule has 5 rings (SSSR count). The molecule has 7 nitrogen and oxygen atoms in total. The van der Waals surface area contributed by atoms with Crippen LogP contribution < -0.4 is 5.73 Å². The fourth-order valence-corrected chi connectivity index (χ4v) is 5.22. The summed E-state index contributed by atoms with van der Waals surface area (Å²) in [7, 11) is 0. The number of carbonyl (C=O) groups excluding carboxylic acids is 1. The third kappa shape index (κ3) is 4.17. The number of aliphatic hydroxyl groups is 1. The number of carbonyl (C=O) groups is 2. The number of rotatable bonds is 6. The van der Waals surface area contributed by atoms with Gasteiger partial charge >= 0.3 is 5.97 Å². The number of piperidine rings is 1. The second-order valence-corrected chi connectivity index (χ2v) is 9.35. The largest absolute Gasteiger partial charge is 0.479 e. The Morgan fingerprint density at radius 1 is 0.972 bits per heavy atom. The fraction of sp³-hybridized carbons (Fsp3) is 0.241. The summed E-state index contributed by atoms with van der Waals surface area (Å²) in [6.45, 7) is 1.76. The maximum absolute atomic E-state index is 13.4. The lowest BCUT2D eigenvalue weighted by atomic mass is 9.84. The number of fused-ring (bicyclic) bond motifs is 1. The summed E-state index contributed by atoms with van der Waals surface area (Å²) < 4.78 is 0. The van der Waals surface area contributed by atoms with Crippen LogP contribution in [0.2, 0.25) is 0 Å². The number of aromatic nitrogens is 1. The first-order chi connectivity index (χ1) is 17.4. The Bertz CT molecular complexity index is 1410. The van der Waals surface area contributed by atoms with Crippen molar-refractivity contribution < 1.29 is 19.8 Å². The zero-order valence-corrected chi connectivity index (χ0v) is 19.9. The van der Waals surface area contributed by atoms with Crippen molar-refractivity contribution in [1.29, 1.82) is 0 Å². The van der Waals surface area contributed by atoms with Gasteiger partial charge in [0.05, 0.1) is 0 Å². The van der Waals surface area contributed by atoms with Gasteiger partial charge in [-0.1, -0.05) is 66.7 Å². The average Bonchev–Trinajstić information content (AvgIpc) is 3.37. The number of likely N-dealkylation sites (tertiary alicyclic amines) is 1. The van der Waals surface area contributed by atoms with E-state index in [0.29, 0.717) is 42.1 Å². The molecular weight excluding hydrogens is 454 g/mol. The SMILES string of the molecule is NCc1cccc(C2CCN(C(=O)c3cc4c([C@@](O)(C(=O)O)c5ccccc5)cccc4[nH]3)CC2)c1. The van der Waals surface area contributed by atoms with E-state index >= 15 is 0 Å². The monoisotopic (exact) mass is 483 g/mol. The number of hydrogen-bond acceptors (Lipinski definition) is 4. The molecule has 1 saturated heterocycles. The van der Waals surface area contributed by atoms with Gasteiger partial charge in [0.15, 0.2) is 0 Å². The molecule has 5 N–H and O–H groups in total. The molecule has 7 heteroatoms. The lowest BCUT2D eigenvalue weighted by Gasteiger charge is -2.32. The number of nitrogens with zero attached hydrogens (tertiary/aromatic N) is 1. The van der Waals surface area contributed by atoms with Gasteiger partial charge in [-0.2, -0.15) is 0 Å². The molecule has 0 unspecified atom stereocenters. The smallest absolute Gasteiger partial charge is 0.345 e. The summed E-state index contributed by atoms with van der Waals surface area (Å²) >= 11 is 0. The molecule has 1 atom stereocenters. The first-order valence-corrected chi connectivity index (χ1v) is 12.1. The minimum Gasteiger partial charge on any atom is -0.479 e. The van der Waals surface area contributed by atoms with E-state index in [0.717, 1.165) is 18.4 Å². The van der Waals surface area contributed by atoms with Crippen LogP contribution in [0.25, 0.3) is 10.9 Å². The molecule has 0 spiro atoms. The highest BCUT2D eigenvalue weighted by Gasteiger charge is 2.41. The third-order valence-corrected chi connectivity index (χ3v) is 7.23. The molecule has 2 heterocycles. The summed E-state index contributed by atoms with van der Waals surface area (Å²) in [5.41, 5.74) is 7.34. The fourth-order valence-electron chi connectivity index (χ4n) is 5.22. The number of benzene rings is 3. The summed E-state index contributed by atoms with van der Waals surface area (Å²) in [6.07, 6.45) is 1.72. The van der Waals surface area contributed by atoms with Gasteiger partial charge in [-0.25, -0.2) is 4.79 Å². The summed E-state index contributed by atoms with van der Waals surface area (Å²) in [6, 6.07) is 23.3. The van der Waals surface area contributed by atoms with Crippen LogP contribution in [-0.4, -0.2) is 45.1 Å². The van der Waals surface area contributed by atoms with Crippen molar-refractivity contribution in [2.24, 2.45) is 5.73 Å². The minimum absolute atomic E-state index is 0.134. The Labute approximate surface area is 209 Å². The van der Waals surface area contributed by atoms with Crippen LogP contribution in [0.3, 0.4) is 0 Å². The quantitative estimate of drug-likeness (QED) is 0.331. The van der Waals surface area contributed by atoms with Crippen LogP contribution in [0.15, 0.2) is 78.9 Å². The summed E-state index contributed by atoms with van der Waals surface area (Å²) in [5.74, 6) is -1.13. The number of nitrogens with one attached hydrogen (secondary N) is 1. The molecule has 36 heavy (non-hydrogen) atoms. The molecule has 0 saturated carbocycles. The zero-order valence-electron chi connectivity index (χ0n) is 19.9. The maximum atomic E-state index is 13.4. The van der Waals surface area contributed by atoms with E-state index in [1.165, 1.54) is 5.56 Å². The molecule has 4 aromatic rings. The normalized spacial score (nSPS) is 16.1. The van der Waals surface area contributed by atoms with Gasteiger partial charge in [-0.3, -0.25) is 4.79 Å². The first-order valence-electron chi connectivity index (χ1n) is 12.1. The van der Waals surface area contributed by atoms with Crippen LogP contribution in [0.4, 0.5) is 0 Å². The lowest BCUT2D eigenvalue weighted by Crippen LogP contribution is -2.38. The Balaban J connectivity index is 1.41.